The Bertz CT molecular complexity index is 485. The molecule has 2 atom stereocenters. The second-order valence-corrected chi connectivity index (χ2v) is 6.62. The summed E-state index contributed by atoms with van der Waals surface area (Å²) in [4.78, 5) is 4.36. The van der Waals surface area contributed by atoms with Crippen molar-refractivity contribution in [3.05, 3.63) is 35.9 Å². The Balaban J connectivity index is 1.88. The Morgan fingerprint density at radius 3 is 2.62 bits per heavy atom. The molecule has 0 aromatic heterocycles. The topological polar surface area (TPSA) is 45.7 Å². The molecule has 2 N–H and O–H groups in total. The van der Waals surface area contributed by atoms with E-state index < -0.39 is 0 Å². The summed E-state index contributed by atoms with van der Waals surface area (Å²) in [7, 11) is 1.84. The zero-order chi connectivity index (χ0) is 17.2. The van der Waals surface area contributed by atoms with Crippen LogP contribution in [-0.2, 0) is 4.74 Å². The Morgan fingerprint density at radius 1 is 1.21 bits per heavy atom. The molecule has 2 rings (SSSR count). The van der Waals surface area contributed by atoms with Crippen LogP contribution in [0.2, 0.25) is 0 Å². The number of rotatable bonds is 7. The molecule has 0 radical (unpaired) electrons. The number of aliphatic imine (C=N–C) groups is 1. The van der Waals surface area contributed by atoms with E-state index in [1.54, 1.807) is 0 Å². The average molecular weight is 332 g/mol. The van der Waals surface area contributed by atoms with E-state index in [-0.39, 0.29) is 6.10 Å². The maximum atomic E-state index is 6.08. The van der Waals surface area contributed by atoms with Gasteiger partial charge in [0, 0.05) is 32.7 Å². The first kappa shape index (κ1) is 18.8. The molecule has 1 saturated heterocycles. The van der Waals surface area contributed by atoms with Gasteiger partial charge in [0.05, 0.1) is 6.10 Å². The van der Waals surface area contributed by atoms with E-state index in [4.69, 9.17) is 4.74 Å². The second kappa shape index (κ2) is 10.3. The third-order valence-corrected chi connectivity index (χ3v) is 5.04. The Hall–Kier alpha value is -1.55. The molecular formula is C20H33N3O. The van der Waals surface area contributed by atoms with Crippen molar-refractivity contribution in [2.75, 3.05) is 26.7 Å². The van der Waals surface area contributed by atoms with Crippen molar-refractivity contribution >= 4 is 5.96 Å². The van der Waals surface area contributed by atoms with Gasteiger partial charge in [0.1, 0.15) is 0 Å². The van der Waals surface area contributed by atoms with Crippen LogP contribution in [0.1, 0.15) is 51.2 Å². The molecule has 4 nitrogen and oxygen atoms in total. The van der Waals surface area contributed by atoms with Crippen molar-refractivity contribution in [3.8, 4) is 0 Å². The highest BCUT2D eigenvalue weighted by Crippen LogP contribution is 2.32. The molecule has 1 aromatic carbocycles. The highest BCUT2D eigenvalue weighted by molar-refractivity contribution is 5.79. The first-order chi connectivity index (χ1) is 11.8. The molecule has 24 heavy (non-hydrogen) atoms. The molecule has 0 saturated carbocycles. The van der Waals surface area contributed by atoms with Gasteiger partial charge in [-0.05, 0) is 24.3 Å². The normalized spacial score (nSPS) is 21.8. The molecule has 0 amide bonds. The molecule has 4 heteroatoms. The number of ether oxygens (including phenoxy) is 1. The van der Waals surface area contributed by atoms with Gasteiger partial charge in [-0.3, -0.25) is 4.99 Å². The molecule has 0 bridgehead atoms. The number of hydrogen-bond acceptors (Lipinski definition) is 2. The van der Waals surface area contributed by atoms with Crippen molar-refractivity contribution in [1.29, 1.82) is 0 Å². The van der Waals surface area contributed by atoms with Crippen molar-refractivity contribution < 1.29 is 4.74 Å². The summed E-state index contributed by atoms with van der Waals surface area (Å²) >= 11 is 0. The Labute approximate surface area is 147 Å². The fourth-order valence-corrected chi connectivity index (χ4v) is 3.33. The van der Waals surface area contributed by atoms with Crippen LogP contribution in [0, 0.1) is 11.8 Å². The third kappa shape index (κ3) is 5.52. The smallest absolute Gasteiger partial charge is 0.190 e. The van der Waals surface area contributed by atoms with Gasteiger partial charge in [0.25, 0.3) is 0 Å². The van der Waals surface area contributed by atoms with Crippen LogP contribution >= 0.6 is 0 Å². The van der Waals surface area contributed by atoms with Gasteiger partial charge in [0.2, 0.25) is 0 Å². The minimum absolute atomic E-state index is 0.185. The molecule has 1 fully saturated rings. The molecule has 134 valence electrons. The maximum absolute atomic E-state index is 6.08. The number of hydrogen-bond donors (Lipinski definition) is 2. The van der Waals surface area contributed by atoms with Gasteiger partial charge >= 0.3 is 0 Å². The molecule has 2 unspecified atom stereocenters. The lowest BCUT2D eigenvalue weighted by molar-refractivity contribution is -0.0265. The lowest BCUT2D eigenvalue weighted by Crippen LogP contribution is -2.43. The van der Waals surface area contributed by atoms with E-state index in [0.29, 0.717) is 11.8 Å². The summed E-state index contributed by atoms with van der Waals surface area (Å²) in [5.74, 6) is 2.09. The van der Waals surface area contributed by atoms with Crippen molar-refractivity contribution in [3.63, 3.8) is 0 Å². The van der Waals surface area contributed by atoms with Gasteiger partial charge in [-0.25, -0.2) is 0 Å². The highest BCUT2D eigenvalue weighted by atomic mass is 16.5. The number of benzene rings is 1. The average Bonchev–Trinajstić information content (AvgIpc) is 2.66. The summed E-state index contributed by atoms with van der Waals surface area (Å²) in [5, 5.41) is 6.96. The van der Waals surface area contributed by atoms with Crippen LogP contribution in [0.5, 0.6) is 0 Å². The van der Waals surface area contributed by atoms with Gasteiger partial charge in [-0.15, -0.1) is 0 Å². The van der Waals surface area contributed by atoms with Crippen LogP contribution in [0.3, 0.4) is 0 Å². The zero-order valence-corrected chi connectivity index (χ0v) is 15.4. The van der Waals surface area contributed by atoms with Crippen molar-refractivity contribution in [2.45, 2.75) is 45.6 Å². The fraction of sp³-hybridized carbons (Fsp3) is 0.650. The zero-order valence-electron chi connectivity index (χ0n) is 15.4. The fourth-order valence-electron chi connectivity index (χ4n) is 3.33. The molecule has 0 aliphatic carbocycles. The predicted octanol–water partition coefficient (Wildman–Crippen LogP) is 3.76. The maximum Gasteiger partial charge on any atom is 0.190 e. The standard InChI is InChI=1S/C20H33N3O/c1-4-16(5-2)14-22-20(21-3)23-15-18-12-9-13-24-19(18)17-10-7-6-8-11-17/h6-8,10-11,16,18-19H,4-5,9,12-15H2,1-3H3,(H2,21,22,23). The van der Waals surface area contributed by atoms with Crippen LogP contribution in [0.15, 0.2) is 35.3 Å². The molecule has 1 aliphatic heterocycles. The third-order valence-electron chi connectivity index (χ3n) is 5.04. The number of nitrogens with zero attached hydrogens (tertiary/aromatic N) is 1. The summed E-state index contributed by atoms with van der Waals surface area (Å²) in [6.07, 6.45) is 4.91. The van der Waals surface area contributed by atoms with Crippen LogP contribution in [0.4, 0.5) is 0 Å². The predicted molar refractivity (Wildman–Crippen MR) is 101 cm³/mol. The lowest BCUT2D eigenvalue weighted by Gasteiger charge is -2.32. The highest BCUT2D eigenvalue weighted by Gasteiger charge is 2.27. The van der Waals surface area contributed by atoms with Crippen LogP contribution < -0.4 is 10.6 Å². The van der Waals surface area contributed by atoms with E-state index in [1.807, 2.05) is 7.05 Å². The Kier molecular flexibility index (Phi) is 8.10. The SMILES string of the molecule is CCC(CC)CNC(=NC)NCC1CCCOC1c1ccccc1. The quantitative estimate of drug-likeness (QED) is 0.591. The van der Waals surface area contributed by atoms with Gasteiger partial charge < -0.3 is 15.4 Å². The molecule has 1 heterocycles. The monoisotopic (exact) mass is 331 g/mol. The molecule has 1 aromatic rings. The minimum Gasteiger partial charge on any atom is -0.373 e. The van der Waals surface area contributed by atoms with Gasteiger partial charge in [-0.2, -0.15) is 0 Å². The van der Waals surface area contributed by atoms with Crippen LogP contribution in [0.25, 0.3) is 0 Å². The summed E-state index contributed by atoms with van der Waals surface area (Å²) < 4.78 is 6.08. The van der Waals surface area contributed by atoms with Crippen molar-refractivity contribution in [1.82, 2.24) is 10.6 Å². The van der Waals surface area contributed by atoms with E-state index in [1.165, 1.54) is 24.8 Å². The lowest BCUT2D eigenvalue weighted by atomic mass is 9.89. The van der Waals surface area contributed by atoms with E-state index in [9.17, 15) is 0 Å². The van der Waals surface area contributed by atoms with E-state index in [2.05, 4.69) is 59.8 Å². The molecule has 0 spiro atoms. The molecule has 1 aliphatic rings. The minimum atomic E-state index is 0.185. The van der Waals surface area contributed by atoms with Crippen molar-refractivity contribution in [2.24, 2.45) is 16.8 Å². The van der Waals surface area contributed by atoms with Gasteiger partial charge in [0.15, 0.2) is 5.96 Å². The summed E-state index contributed by atoms with van der Waals surface area (Å²) in [5.41, 5.74) is 1.28. The number of nitrogens with one attached hydrogen (secondary N) is 2. The van der Waals surface area contributed by atoms with Gasteiger partial charge in [-0.1, -0.05) is 57.0 Å². The summed E-state index contributed by atoms with van der Waals surface area (Å²) in [6, 6.07) is 10.6. The van der Waals surface area contributed by atoms with E-state index in [0.717, 1.165) is 32.1 Å². The second-order valence-electron chi connectivity index (χ2n) is 6.62. The first-order valence-electron chi connectivity index (χ1n) is 9.39. The largest absolute Gasteiger partial charge is 0.373 e. The number of guanidine groups is 1. The first-order valence-corrected chi connectivity index (χ1v) is 9.39. The summed E-state index contributed by atoms with van der Waals surface area (Å²) in [6.45, 7) is 7.22. The molecular weight excluding hydrogens is 298 g/mol. The Morgan fingerprint density at radius 2 is 1.96 bits per heavy atom. The van der Waals surface area contributed by atoms with Crippen LogP contribution in [-0.4, -0.2) is 32.7 Å². The van der Waals surface area contributed by atoms with E-state index >= 15 is 0 Å².